The van der Waals surface area contributed by atoms with E-state index in [1.807, 2.05) is 54.6 Å². The molecule has 5 rings (SSSR count). The minimum absolute atomic E-state index is 0.521. The maximum absolute atomic E-state index is 6.07. The molecule has 0 aliphatic rings. The smallest absolute Gasteiger partial charge is 0.229 e. The van der Waals surface area contributed by atoms with Crippen LogP contribution in [0.3, 0.4) is 0 Å². The number of oxazole rings is 1. The lowest BCUT2D eigenvalue weighted by Gasteiger charge is -2.07. The van der Waals surface area contributed by atoms with Gasteiger partial charge in [-0.1, -0.05) is 35.9 Å². The van der Waals surface area contributed by atoms with Gasteiger partial charge < -0.3 is 9.73 Å². The van der Waals surface area contributed by atoms with Crippen molar-refractivity contribution in [3.8, 4) is 22.8 Å². The topological polar surface area (TPSA) is 63.8 Å². The Hall–Kier alpha value is -3.22. The van der Waals surface area contributed by atoms with Gasteiger partial charge >= 0.3 is 0 Å². The molecule has 0 aliphatic heterocycles. The molecule has 0 spiro atoms. The van der Waals surface area contributed by atoms with E-state index in [4.69, 9.17) is 21.0 Å². The van der Waals surface area contributed by atoms with Crippen LogP contribution in [0.5, 0.6) is 0 Å². The Morgan fingerprint density at radius 1 is 0.867 bits per heavy atom. The molecule has 0 aliphatic carbocycles. The largest absolute Gasteiger partial charge is 0.430 e. The van der Waals surface area contributed by atoms with E-state index >= 15 is 0 Å². The first-order valence-electron chi connectivity index (χ1n) is 9.52. The van der Waals surface area contributed by atoms with Gasteiger partial charge in [0.1, 0.15) is 0 Å². The standard InChI is InChI=1S/C23H17ClN4OS/c24-17-10-8-15(9-11-17)20-26-21(25-13-12-18-7-4-14-30-18)19-22(27-20)28-23(29-19)16-5-2-1-3-6-16/h1-11,14H,12-13H2,(H,25,26,27). The first kappa shape index (κ1) is 18.8. The van der Waals surface area contributed by atoms with Gasteiger partial charge in [0.2, 0.25) is 17.1 Å². The molecule has 5 nitrogen and oxygen atoms in total. The number of nitrogens with one attached hydrogen (secondary N) is 1. The van der Waals surface area contributed by atoms with E-state index in [0.29, 0.717) is 33.8 Å². The minimum atomic E-state index is 0.521. The fraction of sp³-hybridized carbons (Fsp3) is 0.0870. The van der Waals surface area contributed by atoms with Crippen LogP contribution in [-0.2, 0) is 6.42 Å². The highest BCUT2D eigenvalue weighted by Crippen LogP contribution is 2.30. The molecule has 5 aromatic rings. The normalized spacial score (nSPS) is 11.1. The second-order valence-electron chi connectivity index (χ2n) is 6.70. The van der Waals surface area contributed by atoms with Gasteiger partial charge in [-0.3, -0.25) is 0 Å². The van der Waals surface area contributed by atoms with Crippen molar-refractivity contribution < 1.29 is 4.42 Å². The second kappa shape index (κ2) is 8.26. The number of rotatable bonds is 6. The molecular formula is C23H17ClN4OS. The number of hydrogen-bond acceptors (Lipinski definition) is 6. The average molecular weight is 433 g/mol. The highest BCUT2D eigenvalue weighted by molar-refractivity contribution is 7.09. The molecule has 148 valence electrons. The van der Waals surface area contributed by atoms with Crippen molar-refractivity contribution in [3.05, 3.63) is 82.0 Å². The first-order valence-corrected chi connectivity index (χ1v) is 10.8. The molecule has 0 unspecified atom stereocenters. The Labute approximate surface area is 182 Å². The van der Waals surface area contributed by atoms with Crippen LogP contribution in [-0.4, -0.2) is 21.5 Å². The highest BCUT2D eigenvalue weighted by Gasteiger charge is 2.17. The van der Waals surface area contributed by atoms with Gasteiger partial charge in [-0.15, -0.1) is 11.3 Å². The monoisotopic (exact) mass is 432 g/mol. The lowest BCUT2D eigenvalue weighted by atomic mass is 10.2. The lowest BCUT2D eigenvalue weighted by Crippen LogP contribution is -2.07. The Balaban J connectivity index is 1.55. The molecule has 7 heteroatoms. The van der Waals surface area contributed by atoms with E-state index in [-0.39, 0.29) is 0 Å². The van der Waals surface area contributed by atoms with Crippen molar-refractivity contribution in [2.45, 2.75) is 6.42 Å². The summed E-state index contributed by atoms with van der Waals surface area (Å²) in [5.41, 5.74) is 2.84. The Morgan fingerprint density at radius 2 is 1.70 bits per heavy atom. The molecule has 0 saturated carbocycles. The van der Waals surface area contributed by atoms with Crippen LogP contribution < -0.4 is 5.32 Å². The fourth-order valence-electron chi connectivity index (χ4n) is 3.14. The lowest BCUT2D eigenvalue weighted by molar-refractivity contribution is 0.619. The van der Waals surface area contributed by atoms with Gasteiger partial charge in [0.05, 0.1) is 0 Å². The summed E-state index contributed by atoms with van der Waals surface area (Å²) in [4.78, 5) is 15.3. The van der Waals surface area contributed by atoms with E-state index < -0.39 is 0 Å². The summed E-state index contributed by atoms with van der Waals surface area (Å²) in [7, 11) is 0. The van der Waals surface area contributed by atoms with Crippen LogP contribution >= 0.6 is 22.9 Å². The third-order valence-corrected chi connectivity index (χ3v) is 5.81. The first-order chi connectivity index (χ1) is 14.8. The summed E-state index contributed by atoms with van der Waals surface area (Å²) in [6.07, 6.45) is 0.902. The van der Waals surface area contributed by atoms with Crippen molar-refractivity contribution in [2.75, 3.05) is 11.9 Å². The quantitative estimate of drug-likeness (QED) is 0.340. The number of thiophene rings is 1. The van der Waals surface area contributed by atoms with Crippen molar-refractivity contribution in [1.82, 2.24) is 15.0 Å². The van der Waals surface area contributed by atoms with Gasteiger partial charge in [0.15, 0.2) is 11.6 Å². The van der Waals surface area contributed by atoms with Crippen LogP contribution in [0.1, 0.15) is 4.88 Å². The van der Waals surface area contributed by atoms with Crippen molar-refractivity contribution in [1.29, 1.82) is 0 Å². The van der Waals surface area contributed by atoms with Gasteiger partial charge in [-0.25, -0.2) is 9.97 Å². The molecule has 0 fully saturated rings. The Kier molecular flexibility index (Phi) is 5.17. The van der Waals surface area contributed by atoms with E-state index in [9.17, 15) is 0 Å². The molecule has 30 heavy (non-hydrogen) atoms. The van der Waals surface area contributed by atoms with Crippen LogP contribution in [0.4, 0.5) is 5.82 Å². The molecule has 3 heterocycles. The van der Waals surface area contributed by atoms with Crippen LogP contribution in [0.2, 0.25) is 5.02 Å². The van der Waals surface area contributed by atoms with E-state index in [0.717, 1.165) is 24.1 Å². The van der Waals surface area contributed by atoms with E-state index in [1.165, 1.54) is 4.88 Å². The zero-order valence-corrected chi connectivity index (χ0v) is 17.5. The number of fused-ring (bicyclic) bond motifs is 1. The third-order valence-electron chi connectivity index (χ3n) is 4.62. The predicted octanol–water partition coefficient (Wildman–Crippen LogP) is 6.32. The summed E-state index contributed by atoms with van der Waals surface area (Å²) in [6.45, 7) is 0.730. The Bertz CT molecular complexity index is 1270. The number of nitrogens with zero attached hydrogens (tertiary/aromatic N) is 3. The molecular weight excluding hydrogens is 416 g/mol. The highest BCUT2D eigenvalue weighted by atomic mass is 35.5. The van der Waals surface area contributed by atoms with Crippen LogP contribution in [0.25, 0.3) is 34.1 Å². The van der Waals surface area contributed by atoms with Gasteiger partial charge in [-0.05, 0) is 54.3 Å². The molecule has 2 aromatic carbocycles. The number of aromatic nitrogens is 3. The maximum Gasteiger partial charge on any atom is 0.229 e. The molecule has 0 bridgehead atoms. The summed E-state index contributed by atoms with van der Waals surface area (Å²) in [6, 6.07) is 21.4. The summed E-state index contributed by atoms with van der Waals surface area (Å²) in [5.74, 6) is 1.73. The van der Waals surface area contributed by atoms with E-state index in [2.05, 4.69) is 32.8 Å². The fourth-order valence-corrected chi connectivity index (χ4v) is 3.97. The van der Waals surface area contributed by atoms with Gasteiger partial charge in [-0.2, -0.15) is 4.98 Å². The predicted molar refractivity (Wildman–Crippen MR) is 122 cm³/mol. The molecule has 0 radical (unpaired) electrons. The van der Waals surface area contributed by atoms with Crippen molar-refractivity contribution >= 4 is 40.0 Å². The Morgan fingerprint density at radius 3 is 2.47 bits per heavy atom. The summed E-state index contributed by atoms with van der Waals surface area (Å²) in [5, 5.41) is 6.16. The zero-order chi connectivity index (χ0) is 20.3. The van der Waals surface area contributed by atoms with Crippen molar-refractivity contribution in [3.63, 3.8) is 0 Å². The van der Waals surface area contributed by atoms with Crippen LogP contribution in [0, 0.1) is 0 Å². The number of benzene rings is 2. The van der Waals surface area contributed by atoms with Gasteiger partial charge in [0, 0.05) is 27.6 Å². The third kappa shape index (κ3) is 3.92. The van der Waals surface area contributed by atoms with Gasteiger partial charge in [0.25, 0.3) is 0 Å². The number of anilines is 1. The molecule has 3 aromatic heterocycles. The molecule has 0 atom stereocenters. The zero-order valence-electron chi connectivity index (χ0n) is 15.9. The van der Waals surface area contributed by atoms with Crippen molar-refractivity contribution in [2.24, 2.45) is 0 Å². The maximum atomic E-state index is 6.07. The molecule has 0 amide bonds. The minimum Gasteiger partial charge on any atom is -0.430 e. The summed E-state index contributed by atoms with van der Waals surface area (Å²) >= 11 is 7.78. The van der Waals surface area contributed by atoms with E-state index in [1.54, 1.807) is 11.3 Å². The van der Waals surface area contributed by atoms with Crippen LogP contribution in [0.15, 0.2) is 76.5 Å². The second-order valence-corrected chi connectivity index (χ2v) is 8.17. The molecule has 1 N–H and O–H groups in total. The molecule has 0 saturated heterocycles. The summed E-state index contributed by atoms with van der Waals surface area (Å²) < 4.78 is 6.07. The SMILES string of the molecule is Clc1ccc(-c2nc(NCCc3cccs3)c3oc(-c4ccccc4)nc3n2)cc1. The number of halogens is 1. The number of hydrogen-bond donors (Lipinski definition) is 1. The average Bonchev–Trinajstić information content (AvgIpc) is 3.45.